The summed E-state index contributed by atoms with van der Waals surface area (Å²) in [5.41, 5.74) is 0.560. The van der Waals surface area contributed by atoms with Gasteiger partial charge in [0.25, 0.3) is 0 Å². The van der Waals surface area contributed by atoms with Crippen molar-refractivity contribution in [3.05, 3.63) is 58.8 Å². The Balaban J connectivity index is 1.80. The normalized spacial score (nSPS) is 10.3. The fourth-order valence-corrected chi connectivity index (χ4v) is 2.95. The van der Waals surface area contributed by atoms with E-state index in [1.165, 1.54) is 11.0 Å². The van der Waals surface area contributed by atoms with E-state index in [1.807, 2.05) is 24.3 Å². The first-order valence-electron chi connectivity index (χ1n) is 5.63. The van der Waals surface area contributed by atoms with Gasteiger partial charge in [-0.05, 0) is 40.2 Å². The van der Waals surface area contributed by atoms with Crippen molar-refractivity contribution in [2.45, 2.75) is 4.90 Å². The van der Waals surface area contributed by atoms with Crippen LogP contribution in [0.1, 0.15) is 0 Å². The Bertz CT molecular complexity index is 471. The lowest BCUT2D eigenvalue weighted by Gasteiger charge is -2.07. The van der Waals surface area contributed by atoms with Crippen LogP contribution in [0.2, 0.25) is 0 Å². The molecule has 0 saturated heterocycles. The lowest BCUT2D eigenvalue weighted by atomic mass is 10.3. The molecule has 0 amide bonds. The number of rotatable bonds is 5. The first-order chi connectivity index (χ1) is 8.77. The average molecular weight is 326 g/mol. The van der Waals surface area contributed by atoms with Gasteiger partial charge < -0.3 is 5.32 Å². The van der Waals surface area contributed by atoms with Crippen LogP contribution in [-0.2, 0) is 0 Å². The molecule has 1 nitrogen and oxygen atoms in total. The highest BCUT2D eigenvalue weighted by Crippen LogP contribution is 2.26. The van der Waals surface area contributed by atoms with Gasteiger partial charge in [0.05, 0.1) is 5.69 Å². The molecule has 0 fully saturated rings. The van der Waals surface area contributed by atoms with Crippen molar-refractivity contribution < 1.29 is 4.39 Å². The van der Waals surface area contributed by atoms with Crippen LogP contribution in [0.15, 0.2) is 57.9 Å². The standard InChI is InChI=1S/C14H13BrFNS/c15-11-5-1-4-8-14(11)18-10-9-17-13-7-3-2-6-12(13)16/h1-8,17H,9-10H2. The van der Waals surface area contributed by atoms with Crippen LogP contribution in [0.5, 0.6) is 0 Å². The summed E-state index contributed by atoms with van der Waals surface area (Å²) in [6, 6.07) is 14.8. The molecule has 4 heteroatoms. The van der Waals surface area contributed by atoms with Crippen LogP contribution in [0, 0.1) is 5.82 Å². The Morgan fingerprint density at radius 3 is 2.56 bits per heavy atom. The molecule has 0 aliphatic carbocycles. The third kappa shape index (κ3) is 3.75. The van der Waals surface area contributed by atoms with Crippen LogP contribution < -0.4 is 5.32 Å². The van der Waals surface area contributed by atoms with Crippen LogP contribution in [0.3, 0.4) is 0 Å². The van der Waals surface area contributed by atoms with Gasteiger partial charge in [-0.2, -0.15) is 0 Å². The van der Waals surface area contributed by atoms with E-state index in [9.17, 15) is 4.39 Å². The van der Waals surface area contributed by atoms with Crippen molar-refractivity contribution >= 4 is 33.4 Å². The molecule has 0 bridgehead atoms. The highest BCUT2D eigenvalue weighted by Gasteiger charge is 2.01. The monoisotopic (exact) mass is 325 g/mol. The van der Waals surface area contributed by atoms with Crippen molar-refractivity contribution in [3.63, 3.8) is 0 Å². The lowest BCUT2D eigenvalue weighted by molar-refractivity contribution is 0.630. The minimum Gasteiger partial charge on any atom is -0.382 e. The molecule has 0 radical (unpaired) electrons. The first kappa shape index (κ1) is 13.4. The van der Waals surface area contributed by atoms with Gasteiger partial charge in [0.2, 0.25) is 0 Å². The second kappa shape index (κ2) is 6.81. The summed E-state index contributed by atoms with van der Waals surface area (Å²) in [5.74, 6) is 0.681. The van der Waals surface area contributed by atoms with Gasteiger partial charge in [-0.1, -0.05) is 24.3 Å². The maximum Gasteiger partial charge on any atom is 0.146 e. The second-order valence-electron chi connectivity index (χ2n) is 3.69. The van der Waals surface area contributed by atoms with Gasteiger partial charge >= 0.3 is 0 Å². The number of halogens is 2. The van der Waals surface area contributed by atoms with E-state index in [-0.39, 0.29) is 5.82 Å². The van der Waals surface area contributed by atoms with E-state index >= 15 is 0 Å². The molecule has 2 aromatic rings. The van der Waals surface area contributed by atoms with Gasteiger partial charge in [0, 0.05) is 21.7 Å². The predicted octanol–water partition coefficient (Wildman–Crippen LogP) is 4.79. The van der Waals surface area contributed by atoms with E-state index in [0.29, 0.717) is 5.69 Å². The summed E-state index contributed by atoms with van der Waals surface area (Å²) in [6.07, 6.45) is 0. The summed E-state index contributed by atoms with van der Waals surface area (Å²) in [6.45, 7) is 0.729. The lowest BCUT2D eigenvalue weighted by Crippen LogP contribution is -2.05. The molecule has 0 saturated carbocycles. The molecular weight excluding hydrogens is 313 g/mol. The van der Waals surface area contributed by atoms with E-state index in [0.717, 1.165) is 16.8 Å². The smallest absolute Gasteiger partial charge is 0.146 e. The first-order valence-corrected chi connectivity index (χ1v) is 7.41. The summed E-state index contributed by atoms with van der Waals surface area (Å²) in [5, 5.41) is 3.09. The van der Waals surface area contributed by atoms with Gasteiger partial charge in [0.1, 0.15) is 5.82 Å². The number of thioether (sulfide) groups is 1. The van der Waals surface area contributed by atoms with E-state index in [4.69, 9.17) is 0 Å². The van der Waals surface area contributed by atoms with Crippen LogP contribution in [0.25, 0.3) is 0 Å². The third-order valence-corrected chi connectivity index (χ3v) is 4.41. The molecule has 0 spiro atoms. The Labute approximate surface area is 119 Å². The minimum atomic E-state index is -0.205. The number of nitrogens with one attached hydrogen (secondary N) is 1. The summed E-state index contributed by atoms with van der Waals surface area (Å²) in [7, 11) is 0. The molecule has 94 valence electrons. The number of hydrogen-bond donors (Lipinski definition) is 1. The fourth-order valence-electron chi connectivity index (χ4n) is 1.51. The van der Waals surface area contributed by atoms with Crippen molar-refractivity contribution in [2.75, 3.05) is 17.6 Å². The van der Waals surface area contributed by atoms with E-state index in [2.05, 4.69) is 27.3 Å². The van der Waals surface area contributed by atoms with Crippen LogP contribution >= 0.6 is 27.7 Å². The zero-order chi connectivity index (χ0) is 12.8. The molecule has 0 aliphatic heterocycles. The molecule has 18 heavy (non-hydrogen) atoms. The molecule has 0 aliphatic rings. The molecule has 0 aromatic heterocycles. The quantitative estimate of drug-likeness (QED) is 0.626. The van der Waals surface area contributed by atoms with Crippen molar-refractivity contribution in [1.29, 1.82) is 0 Å². The maximum atomic E-state index is 13.3. The molecule has 1 N–H and O–H groups in total. The van der Waals surface area contributed by atoms with Crippen molar-refractivity contribution in [1.82, 2.24) is 0 Å². The molecule has 0 unspecified atom stereocenters. The Morgan fingerprint density at radius 1 is 1.06 bits per heavy atom. The number of para-hydroxylation sites is 1. The molecule has 0 atom stereocenters. The minimum absolute atomic E-state index is 0.205. The van der Waals surface area contributed by atoms with Crippen LogP contribution in [0.4, 0.5) is 10.1 Å². The topological polar surface area (TPSA) is 12.0 Å². The largest absolute Gasteiger partial charge is 0.382 e. The van der Waals surface area contributed by atoms with Crippen LogP contribution in [-0.4, -0.2) is 12.3 Å². The predicted molar refractivity (Wildman–Crippen MR) is 79.8 cm³/mol. The van der Waals surface area contributed by atoms with Gasteiger partial charge in [-0.3, -0.25) is 0 Å². The molecule has 2 rings (SSSR count). The SMILES string of the molecule is Fc1ccccc1NCCSc1ccccc1Br. The average Bonchev–Trinajstić information content (AvgIpc) is 2.38. The van der Waals surface area contributed by atoms with Crippen molar-refractivity contribution in [2.24, 2.45) is 0 Å². The summed E-state index contributed by atoms with van der Waals surface area (Å²) in [4.78, 5) is 1.20. The van der Waals surface area contributed by atoms with Gasteiger partial charge in [-0.25, -0.2) is 4.39 Å². The van der Waals surface area contributed by atoms with Gasteiger partial charge in [0.15, 0.2) is 0 Å². The van der Waals surface area contributed by atoms with E-state index < -0.39 is 0 Å². The molecule has 2 aromatic carbocycles. The molecule has 0 heterocycles. The second-order valence-corrected chi connectivity index (χ2v) is 5.68. The van der Waals surface area contributed by atoms with Crippen molar-refractivity contribution in [3.8, 4) is 0 Å². The zero-order valence-corrected chi connectivity index (χ0v) is 12.1. The Kier molecular flexibility index (Phi) is 5.08. The van der Waals surface area contributed by atoms with Gasteiger partial charge in [-0.15, -0.1) is 11.8 Å². The summed E-state index contributed by atoms with van der Waals surface area (Å²) < 4.78 is 14.4. The molecular formula is C14H13BrFNS. The number of anilines is 1. The maximum absolute atomic E-state index is 13.3. The Hall–Kier alpha value is -1.00. The summed E-state index contributed by atoms with van der Waals surface area (Å²) >= 11 is 5.24. The Morgan fingerprint density at radius 2 is 1.78 bits per heavy atom. The third-order valence-electron chi connectivity index (χ3n) is 2.39. The van der Waals surface area contributed by atoms with E-state index in [1.54, 1.807) is 23.9 Å². The number of hydrogen-bond acceptors (Lipinski definition) is 2. The fraction of sp³-hybridized carbons (Fsp3) is 0.143. The highest BCUT2D eigenvalue weighted by molar-refractivity contribution is 9.10. The highest BCUT2D eigenvalue weighted by atomic mass is 79.9. The number of benzene rings is 2. The zero-order valence-electron chi connectivity index (χ0n) is 9.70.